The Morgan fingerprint density at radius 1 is 1.22 bits per heavy atom. The molecule has 2 N–H and O–H groups in total. The Labute approximate surface area is 109 Å². The Hall–Kier alpha value is -0.910. The molecule has 5 heteroatoms. The highest BCUT2D eigenvalue weighted by Crippen LogP contribution is 2.17. The van der Waals surface area contributed by atoms with Gasteiger partial charge in [-0.2, -0.15) is 0 Å². The number of sulfonamides is 1. The first-order chi connectivity index (χ1) is 8.49. The van der Waals surface area contributed by atoms with Crippen molar-refractivity contribution >= 4 is 10.0 Å². The maximum absolute atomic E-state index is 12.3. The first-order valence-corrected chi connectivity index (χ1v) is 7.78. The smallest absolute Gasteiger partial charge is 0.241 e. The quantitative estimate of drug-likeness (QED) is 0.869. The van der Waals surface area contributed by atoms with Crippen LogP contribution in [0, 0.1) is 13.8 Å². The van der Waals surface area contributed by atoms with Gasteiger partial charge in [-0.1, -0.05) is 17.7 Å². The first-order valence-electron chi connectivity index (χ1n) is 6.29. The lowest BCUT2D eigenvalue weighted by molar-refractivity contribution is 0.427. The van der Waals surface area contributed by atoms with Gasteiger partial charge in [-0.15, -0.1) is 0 Å². The van der Waals surface area contributed by atoms with Crippen molar-refractivity contribution in [1.29, 1.82) is 0 Å². The second kappa shape index (κ2) is 5.38. The van der Waals surface area contributed by atoms with Crippen LogP contribution >= 0.6 is 0 Å². The van der Waals surface area contributed by atoms with Crippen molar-refractivity contribution in [3.63, 3.8) is 0 Å². The minimum atomic E-state index is -3.39. The van der Waals surface area contributed by atoms with Gasteiger partial charge < -0.3 is 5.32 Å². The number of rotatable bonds is 3. The van der Waals surface area contributed by atoms with E-state index < -0.39 is 10.0 Å². The highest BCUT2D eigenvalue weighted by molar-refractivity contribution is 7.89. The van der Waals surface area contributed by atoms with E-state index in [0.717, 1.165) is 37.1 Å². The van der Waals surface area contributed by atoms with Crippen LogP contribution in [0.25, 0.3) is 0 Å². The van der Waals surface area contributed by atoms with Gasteiger partial charge in [0, 0.05) is 6.04 Å². The molecule has 0 atom stereocenters. The summed E-state index contributed by atoms with van der Waals surface area (Å²) in [7, 11) is -3.39. The summed E-state index contributed by atoms with van der Waals surface area (Å²) in [4.78, 5) is 0.395. The highest BCUT2D eigenvalue weighted by atomic mass is 32.2. The largest absolute Gasteiger partial charge is 0.317 e. The van der Waals surface area contributed by atoms with Crippen LogP contribution in [0.1, 0.15) is 24.0 Å². The summed E-state index contributed by atoms with van der Waals surface area (Å²) in [5.41, 5.74) is 1.88. The summed E-state index contributed by atoms with van der Waals surface area (Å²) in [6, 6.07) is 5.48. The van der Waals surface area contributed by atoms with Gasteiger partial charge in [-0.25, -0.2) is 13.1 Å². The molecule has 4 nitrogen and oxygen atoms in total. The second-order valence-corrected chi connectivity index (χ2v) is 6.60. The summed E-state index contributed by atoms with van der Waals surface area (Å²) >= 11 is 0. The number of hydrogen-bond acceptors (Lipinski definition) is 3. The zero-order valence-electron chi connectivity index (χ0n) is 10.9. The molecule has 0 unspecified atom stereocenters. The standard InChI is InChI=1S/C13H20N2O2S/c1-10-3-4-13(11(2)9-10)18(16,17)15-12-5-7-14-8-6-12/h3-4,9,12,14-15H,5-8H2,1-2H3. The Bertz CT molecular complexity index is 520. The van der Waals surface area contributed by atoms with Crippen molar-refractivity contribution in [3.05, 3.63) is 29.3 Å². The summed E-state index contributed by atoms with van der Waals surface area (Å²) in [5, 5.41) is 3.22. The topological polar surface area (TPSA) is 58.2 Å². The third-order valence-electron chi connectivity index (χ3n) is 3.28. The van der Waals surface area contributed by atoms with Gasteiger partial charge in [-0.3, -0.25) is 0 Å². The van der Waals surface area contributed by atoms with Crippen LogP contribution < -0.4 is 10.0 Å². The van der Waals surface area contributed by atoms with Gasteiger partial charge in [0.2, 0.25) is 10.0 Å². The maximum Gasteiger partial charge on any atom is 0.241 e. The molecule has 2 rings (SSSR count). The fourth-order valence-electron chi connectivity index (χ4n) is 2.32. The van der Waals surface area contributed by atoms with Crippen molar-refractivity contribution < 1.29 is 8.42 Å². The number of benzene rings is 1. The molecule has 0 aliphatic carbocycles. The van der Waals surface area contributed by atoms with Gasteiger partial charge in [0.1, 0.15) is 0 Å². The molecule has 0 aromatic heterocycles. The van der Waals surface area contributed by atoms with Crippen LogP contribution in [0.3, 0.4) is 0 Å². The summed E-state index contributed by atoms with van der Waals surface area (Å²) in [6.45, 7) is 5.55. The Morgan fingerprint density at radius 2 is 1.89 bits per heavy atom. The molecule has 0 amide bonds. The van der Waals surface area contributed by atoms with Gasteiger partial charge in [0.05, 0.1) is 4.90 Å². The lowest BCUT2D eigenvalue weighted by atomic mass is 10.1. The minimum absolute atomic E-state index is 0.0527. The monoisotopic (exact) mass is 268 g/mol. The molecule has 0 bridgehead atoms. The van der Waals surface area contributed by atoms with Crippen LogP contribution in [0.5, 0.6) is 0 Å². The fraction of sp³-hybridized carbons (Fsp3) is 0.538. The maximum atomic E-state index is 12.3. The molecule has 0 radical (unpaired) electrons. The van der Waals surface area contributed by atoms with E-state index in [-0.39, 0.29) is 6.04 Å². The molecule has 1 aliphatic rings. The third kappa shape index (κ3) is 3.10. The zero-order chi connectivity index (χ0) is 13.2. The molecule has 0 saturated carbocycles. The van der Waals surface area contributed by atoms with Crippen LogP contribution in [-0.2, 0) is 10.0 Å². The fourth-order valence-corrected chi connectivity index (χ4v) is 3.86. The average Bonchev–Trinajstić information content (AvgIpc) is 2.29. The van der Waals surface area contributed by atoms with Crippen molar-refractivity contribution in [2.75, 3.05) is 13.1 Å². The second-order valence-electron chi connectivity index (χ2n) is 4.91. The predicted molar refractivity (Wildman–Crippen MR) is 72.1 cm³/mol. The average molecular weight is 268 g/mol. The highest BCUT2D eigenvalue weighted by Gasteiger charge is 2.22. The van der Waals surface area contributed by atoms with E-state index in [9.17, 15) is 8.42 Å². The van der Waals surface area contributed by atoms with Crippen LogP contribution in [0.2, 0.25) is 0 Å². The van der Waals surface area contributed by atoms with E-state index in [1.165, 1.54) is 0 Å². The van der Waals surface area contributed by atoms with Crippen LogP contribution in [-0.4, -0.2) is 27.5 Å². The summed E-state index contributed by atoms with van der Waals surface area (Å²) in [6.07, 6.45) is 1.70. The molecular weight excluding hydrogens is 248 g/mol. The third-order valence-corrected chi connectivity index (χ3v) is 4.96. The molecule has 1 saturated heterocycles. The van der Waals surface area contributed by atoms with Gasteiger partial charge in [0.15, 0.2) is 0 Å². The van der Waals surface area contributed by atoms with Crippen LogP contribution in [0.4, 0.5) is 0 Å². The van der Waals surface area contributed by atoms with E-state index >= 15 is 0 Å². The molecule has 1 aliphatic heterocycles. The Balaban J connectivity index is 2.19. The predicted octanol–water partition coefficient (Wildman–Crippen LogP) is 1.33. The molecule has 18 heavy (non-hydrogen) atoms. The van der Waals surface area contributed by atoms with E-state index in [4.69, 9.17) is 0 Å². The molecule has 0 spiro atoms. The van der Waals surface area contributed by atoms with E-state index in [0.29, 0.717) is 4.90 Å². The normalized spacial score (nSPS) is 17.9. The molecule has 1 heterocycles. The lowest BCUT2D eigenvalue weighted by Gasteiger charge is -2.23. The molecule has 1 aromatic rings. The van der Waals surface area contributed by atoms with E-state index in [1.807, 2.05) is 26.0 Å². The van der Waals surface area contributed by atoms with Gasteiger partial charge in [-0.05, 0) is 51.4 Å². The lowest BCUT2D eigenvalue weighted by Crippen LogP contribution is -2.42. The van der Waals surface area contributed by atoms with Crippen molar-refractivity contribution in [2.24, 2.45) is 0 Å². The summed E-state index contributed by atoms with van der Waals surface area (Å²) in [5.74, 6) is 0. The molecule has 1 aromatic carbocycles. The number of hydrogen-bond donors (Lipinski definition) is 2. The van der Waals surface area contributed by atoms with Gasteiger partial charge >= 0.3 is 0 Å². The van der Waals surface area contributed by atoms with Crippen molar-refractivity contribution in [2.45, 2.75) is 37.6 Å². The van der Waals surface area contributed by atoms with Gasteiger partial charge in [0.25, 0.3) is 0 Å². The summed E-state index contributed by atoms with van der Waals surface area (Å²) < 4.78 is 27.4. The first kappa shape index (κ1) is 13.5. The number of piperidine rings is 1. The number of aryl methyl sites for hydroxylation is 2. The van der Waals surface area contributed by atoms with E-state index in [1.54, 1.807) is 6.07 Å². The zero-order valence-corrected chi connectivity index (χ0v) is 11.7. The number of nitrogens with one attached hydrogen (secondary N) is 2. The van der Waals surface area contributed by atoms with Crippen molar-refractivity contribution in [1.82, 2.24) is 10.0 Å². The SMILES string of the molecule is Cc1ccc(S(=O)(=O)NC2CCNCC2)c(C)c1. The van der Waals surface area contributed by atoms with Crippen molar-refractivity contribution in [3.8, 4) is 0 Å². The Morgan fingerprint density at radius 3 is 2.50 bits per heavy atom. The molecule has 100 valence electrons. The molecule has 1 fully saturated rings. The van der Waals surface area contributed by atoms with E-state index in [2.05, 4.69) is 10.0 Å². The van der Waals surface area contributed by atoms with Crippen LogP contribution in [0.15, 0.2) is 23.1 Å². The minimum Gasteiger partial charge on any atom is -0.317 e. The Kier molecular flexibility index (Phi) is 4.04. The molecular formula is C13H20N2O2S.